The molecule has 2 aromatic carbocycles. The van der Waals surface area contributed by atoms with E-state index in [1.807, 2.05) is 55.8 Å². The van der Waals surface area contributed by atoms with Crippen LogP contribution in [0.4, 0.5) is 5.69 Å². The number of hydrogen-bond acceptors (Lipinski definition) is 7. The van der Waals surface area contributed by atoms with Gasteiger partial charge in [-0.1, -0.05) is 52.3 Å². The summed E-state index contributed by atoms with van der Waals surface area (Å²) in [7, 11) is 2.01. The monoisotopic (exact) mass is 459 g/mol. The second-order valence-corrected chi connectivity index (χ2v) is 7.35. The highest BCUT2D eigenvalue weighted by atomic mass is 79.9. The van der Waals surface area contributed by atoms with Gasteiger partial charge in [-0.15, -0.1) is 0 Å². The molecule has 29 heavy (non-hydrogen) atoms. The first kappa shape index (κ1) is 21.0. The van der Waals surface area contributed by atoms with Gasteiger partial charge in [-0.05, 0) is 47.5 Å². The third-order valence-corrected chi connectivity index (χ3v) is 5.05. The van der Waals surface area contributed by atoms with Crippen LogP contribution >= 0.6 is 15.9 Å². The van der Waals surface area contributed by atoms with E-state index in [-0.39, 0.29) is 17.4 Å². The molecule has 0 atom stereocenters. The van der Waals surface area contributed by atoms with Crippen LogP contribution in [0.1, 0.15) is 16.8 Å². The molecular weight excluding hydrogens is 438 g/mol. The number of aliphatic imine (C=N–C) groups is 1. The fourth-order valence-electron chi connectivity index (χ4n) is 2.60. The van der Waals surface area contributed by atoms with Crippen molar-refractivity contribution in [3.63, 3.8) is 0 Å². The normalized spacial score (nSPS) is 11.7. The van der Waals surface area contributed by atoms with Crippen molar-refractivity contribution in [1.29, 1.82) is 0 Å². The summed E-state index contributed by atoms with van der Waals surface area (Å²) in [5.74, 6) is 0.235. The van der Waals surface area contributed by atoms with Gasteiger partial charge >= 0.3 is 0 Å². The van der Waals surface area contributed by atoms with Crippen LogP contribution < -0.4 is 10.2 Å². The molecule has 3 rings (SSSR count). The molecule has 0 bridgehead atoms. The largest absolute Gasteiger partial charge is 0.472 e. The van der Waals surface area contributed by atoms with E-state index in [1.165, 1.54) is 5.56 Å². The Bertz CT molecular complexity index is 962. The van der Waals surface area contributed by atoms with E-state index in [1.54, 1.807) is 0 Å². The molecule has 0 radical (unpaired) electrons. The summed E-state index contributed by atoms with van der Waals surface area (Å²) < 4.78 is 11.4. The van der Waals surface area contributed by atoms with Crippen molar-refractivity contribution in [2.24, 2.45) is 4.99 Å². The molecule has 2 N–H and O–H groups in total. The van der Waals surface area contributed by atoms with Gasteiger partial charge in [-0.2, -0.15) is 0 Å². The SMILES string of the molecule is Cc1ccc(N=C(NO)c2nonc2OCCN(C)Cc2ccccc2)cc1Br. The van der Waals surface area contributed by atoms with Crippen LogP contribution in [0.2, 0.25) is 0 Å². The predicted molar refractivity (Wildman–Crippen MR) is 113 cm³/mol. The summed E-state index contributed by atoms with van der Waals surface area (Å²) in [5, 5.41) is 17.1. The Morgan fingerprint density at radius 1 is 1.24 bits per heavy atom. The van der Waals surface area contributed by atoms with E-state index in [9.17, 15) is 5.21 Å². The summed E-state index contributed by atoms with van der Waals surface area (Å²) in [5.41, 5.74) is 5.15. The highest BCUT2D eigenvalue weighted by Crippen LogP contribution is 2.24. The third kappa shape index (κ3) is 5.86. The first-order chi connectivity index (χ1) is 14.1. The molecule has 3 aromatic rings. The molecule has 8 nitrogen and oxygen atoms in total. The van der Waals surface area contributed by atoms with E-state index in [2.05, 4.69) is 48.3 Å². The van der Waals surface area contributed by atoms with E-state index in [0.29, 0.717) is 18.8 Å². The molecule has 0 unspecified atom stereocenters. The molecule has 0 saturated carbocycles. The molecule has 0 aliphatic rings. The second kappa shape index (κ2) is 10.1. The average molecular weight is 460 g/mol. The Kier molecular flexibility index (Phi) is 7.34. The van der Waals surface area contributed by atoms with Crippen molar-refractivity contribution in [1.82, 2.24) is 20.7 Å². The number of halogens is 1. The standard InChI is InChI=1S/C20H22BrN5O3/c1-14-8-9-16(12-17(14)21)22-19(23-27)18-20(25-29-24-18)28-11-10-26(2)13-15-6-4-3-5-7-15/h3-9,12,27H,10-11,13H2,1-2H3,(H,22,23). The molecule has 0 aliphatic carbocycles. The Morgan fingerprint density at radius 3 is 2.76 bits per heavy atom. The van der Waals surface area contributed by atoms with Crippen molar-refractivity contribution in [2.75, 3.05) is 20.2 Å². The number of benzene rings is 2. The summed E-state index contributed by atoms with van der Waals surface area (Å²) in [6.45, 7) is 3.83. The average Bonchev–Trinajstić information content (AvgIpc) is 3.18. The van der Waals surface area contributed by atoms with Crippen molar-refractivity contribution < 1.29 is 14.6 Å². The minimum absolute atomic E-state index is 0.0784. The van der Waals surface area contributed by atoms with Gasteiger partial charge in [0.2, 0.25) is 5.69 Å². The van der Waals surface area contributed by atoms with Crippen LogP contribution in [0.3, 0.4) is 0 Å². The molecule has 9 heteroatoms. The smallest absolute Gasteiger partial charge is 0.287 e. The third-order valence-electron chi connectivity index (χ3n) is 4.19. The topological polar surface area (TPSA) is 96.0 Å². The summed E-state index contributed by atoms with van der Waals surface area (Å²) in [6, 6.07) is 15.8. The number of hydrogen-bond donors (Lipinski definition) is 2. The number of likely N-dealkylation sites (N-methyl/N-ethyl adjacent to an activating group) is 1. The van der Waals surface area contributed by atoms with Crippen LogP contribution in [0, 0.1) is 6.92 Å². The highest BCUT2D eigenvalue weighted by Gasteiger charge is 2.18. The number of aromatic nitrogens is 2. The first-order valence-electron chi connectivity index (χ1n) is 9.00. The van der Waals surface area contributed by atoms with Gasteiger partial charge in [0.15, 0.2) is 5.84 Å². The molecular formula is C20H22BrN5O3. The van der Waals surface area contributed by atoms with Crippen LogP contribution in [0.25, 0.3) is 0 Å². The van der Waals surface area contributed by atoms with Crippen molar-refractivity contribution in [2.45, 2.75) is 13.5 Å². The number of ether oxygens (including phenoxy) is 1. The van der Waals surface area contributed by atoms with Crippen LogP contribution in [-0.2, 0) is 6.54 Å². The Hall–Kier alpha value is -2.75. The zero-order chi connectivity index (χ0) is 20.6. The van der Waals surface area contributed by atoms with Gasteiger partial charge in [-0.25, -0.2) is 9.62 Å². The van der Waals surface area contributed by atoms with Gasteiger partial charge in [0.25, 0.3) is 5.88 Å². The fourth-order valence-corrected chi connectivity index (χ4v) is 2.97. The summed E-state index contributed by atoms with van der Waals surface area (Å²) in [4.78, 5) is 6.48. The zero-order valence-electron chi connectivity index (χ0n) is 16.2. The Morgan fingerprint density at radius 2 is 2.03 bits per heavy atom. The molecule has 152 valence electrons. The zero-order valence-corrected chi connectivity index (χ0v) is 17.8. The van der Waals surface area contributed by atoms with Gasteiger partial charge in [-0.3, -0.25) is 15.6 Å². The molecule has 0 amide bonds. The predicted octanol–water partition coefficient (Wildman–Crippen LogP) is 3.71. The van der Waals surface area contributed by atoms with Crippen LogP contribution in [0.15, 0.2) is 62.6 Å². The van der Waals surface area contributed by atoms with Gasteiger partial charge in [0, 0.05) is 17.6 Å². The maximum absolute atomic E-state index is 9.52. The summed E-state index contributed by atoms with van der Waals surface area (Å²) in [6.07, 6.45) is 0. The van der Waals surface area contributed by atoms with Gasteiger partial charge in [0.1, 0.15) is 6.61 Å². The van der Waals surface area contributed by atoms with Crippen LogP contribution in [-0.4, -0.2) is 46.5 Å². The van der Waals surface area contributed by atoms with Crippen molar-refractivity contribution in [3.05, 3.63) is 69.8 Å². The van der Waals surface area contributed by atoms with Crippen LogP contribution in [0.5, 0.6) is 5.88 Å². The lowest BCUT2D eigenvalue weighted by Gasteiger charge is -2.16. The highest BCUT2D eigenvalue weighted by molar-refractivity contribution is 9.10. The molecule has 1 aromatic heterocycles. The summed E-state index contributed by atoms with van der Waals surface area (Å²) >= 11 is 3.46. The number of rotatable bonds is 8. The lowest BCUT2D eigenvalue weighted by molar-refractivity contribution is 0.212. The first-order valence-corrected chi connectivity index (χ1v) is 9.79. The molecule has 0 aliphatic heterocycles. The quantitative estimate of drug-likeness (QED) is 0.301. The second-order valence-electron chi connectivity index (χ2n) is 6.50. The van der Waals surface area contributed by atoms with E-state index >= 15 is 0 Å². The lowest BCUT2D eigenvalue weighted by Crippen LogP contribution is -2.25. The Balaban J connectivity index is 1.63. The number of aryl methyl sites for hydroxylation is 1. The van der Waals surface area contributed by atoms with Crippen molar-refractivity contribution in [3.8, 4) is 5.88 Å². The van der Waals surface area contributed by atoms with Gasteiger partial charge in [0.05, 0.1) is 5.69 Å². The lowest BCUT2D eigenvalue weighted by atomic mass is 10.2. The number of amidine groups is 1. The fraction of sp³-hybridized carbons (Fsp3) is 0.250. The number of hydroxylamine groups is 1. The minimum atomic E-state index is 0.0784. The maximum atomic E-state index is 9.52. The number of nitrogens with one attached hydrogen (secondary N) is 1. The van der Waals surface area contributed by atoms with E-state index in [4.69, 9.17) is 9.37 Å². The van der Waals surface area contributed by atoms with Gasteiger partial charge < -0.3 is 4.74 Å². The van der Waals surface area contributed by atoms with E-state index < -0.39 is 0 Å². The molecule has 1 heterocycles. The van der Waals surface area contributed by atoms with E-state index in [0.717, 1.165) is 16.6 Å². The molecule has 0 fully saturated rings. The molecule has 0 spiro atoms. The minimum Gasteiger partial charge on any atom is -0.472 e. The van der Waals surface area contributed by atoms with Crippen molar-refractivity contribution >= 4 is 27.5 Å². The molecule has 0 saturated heterocycles. The maximum Gasteiger partial charge on any atom is 0.287 e. The Labute approximate surface area is 177 Å². The number of nitrogens with zero attached hydrogens (tertiary/aromatic N) is 4.